The third-order valence-electron chi connectivity index (χ3n) is 7.80. The number of nitrogens with zero attached hydrogens (tertiary/aromatic N) is 3. The summed E-state index contributed by atoms with van der Waals surface area (Å²) in [6.45, 7) is 13.8. The van der Waals surface area contributed by atoms with Crippen molar-refractivity contribution in [2.75, 3.05) is 50.8 Å². The van der Waals surface area contributed by atoms with E-state index >= 15 is 0 Å². The molecule has 2 amide bonds. The van der Waals surface area contributed by atoms with Crippen molar-refractivity contribution < 1.29 is 19.1 Å². The smallest absolute Gasteiger partial charge is 0.251 e. The van der Waals surface area contributed by atoms with Gasteiger partial charge in [0.25, 0.3) is 5.91 Å². The van der Waals surface area contributed by atoms with Crippen LogP contribution < -0.4 is 10.2 Å². The Hall–Kier alpha value is -2.45. The van der Waals surface area contributed by atoms with Crippen LogP contribution in [0.1, 0.15) is 44.5 Å². The summed E-state index contributed by atoms with van der Waals surface area (Å²) in [6, 6.07) is 6.42. The highest BCUT2D eigenvalue weighted by Crippen LogP contribution is 2.32. The lowest BCUT2D eigenvalue weighted by atomic mass is 9.96. The molecule has 3 fully saturated rings. The zero-order valence-corrected chi connectivity index (χ0v) is 20.8. The first-order valence-corrected chi connectivity index (χ1v) is 12.7. The van der Waals surface area contributed by atoms with Crippen LogP contribution >= 0.6 is 0 Å². The van der Waals surface area contributed by atoms with E-state index in [9.17, 15) is 14.4 Å². The Bertz CT molecular complexity index is 897. The van der Waals surface area contributed by atoms with E-state index in [4.69, 9.17) is 4.74 Å². The quantitative estimate of drug-likeness (QED) is 0.654. The number of hydrogen-bond donors (Lipinski definition) is 1. The molecule has 3 aliphatic rings. The lowest BCUT2D eigenvalue weighted by molar-refractivity contribution is -0.139. The lowest BCUT2D eigenvalue weighted by Crippen LogP contribution is -2.54. The second-order valence-electron chi connectivity index (χ2n) is 9.96. The number of Topliss-reactive ketones (excluding diaryl/α,β-unsaturated/α-hetero) is 1. The number of ketones is 1. The number of anilines is 1. The molecule has 1 aromatic rings. The predicted molar refractivity (Wildman–Crippen MR) is 131 cm³/mol. The standard InChI is InChI=1S/C26H38N4O4/c1-5-17(3)22(26(33)30-15-18(4)24-23(30)21(31)16-34-24)27-25(32)19-7-9-20(10-8-19)29-13-11-28(6-2)12-14-29/h7-10,17-18,22-24H,5-6,11-16H2,1-4H3,(H,27,32)/t17-,18-,22-,23+,24+/m0/s1. The highest BCUT2D eigenvalue weighted by atomic mass is 16.5. The molecule has 186 valence electrons. The molecule has 1 N–H and O–H groups in total. The number of benzene rings is 1. The molecule has 0 saturated carbocycles. The van der Waals surface area contributed by atoms with Crippen LogP contribution in [0.15, 0.2) is 24.3 Å². The summed E-state index contributed by atoms with van der Waals surface area (Å²) in [5.74, 6) is -0.463. The molecule has 8 heteroatoms. The maximum atomic E-state index is 13.6. The van der Waals surface area contributed by atoms with Crippen LogP contribution in [0, 0.1) is 11.8 Å². The van der Waals surface area contributed by atoms with Crippen LogP contribution in [0.4, 0.5) is 5.69 Å². The molecule has 3 aliphatic heterocycles. The summed E-state index contributed by atoms with van der Waals surface area (Å²) in [5, 5.41) is 2.98. The molecule has 3 saturated heterocycles. The number of rotatable bonds is 7. The molecule has 0 bridgehead atoms. The number of likely N-dealkylation sites (N-methyl/N-ethyl adjacent to an activating group) is 1. The zero-order chi connectivity index (χ0) is 24.4. The van der Waals surface area contributed by atoms with E-state index in [1.165, 1.54) is 0 Å². The van der Waals surface area contributed by atoms with Crippen molar-refractivity contribution in [1.29, 1.82) is 0 Å². The largest absolute Gasteiger partial charge is 0.369 e. The minimum Gasteiger partial charge on any atom is -0.369 e. The van der Waals surface area contributed by atoms with Crippen LogP contribution in [-0.4, -0.2) is 91.5 Å². The second-order valence-corrected chi connectivity index (χ2v) is 9.96. The molecule has 1 aromatic carbocycles. The fraction of sp³-hybridized carbons (Fsp3) is 0.654. The van der Waals surface area contributed by atoms with Gasteiger partial charge < -0.3 is 24.8 Å². The molecule has 8 nitrogen and oxygen atoms in total. The number of fused-ring (bicyclic) bond motifs is 1. The zero-order valence-electron chi connectivity index (χ0n) is 20.8. The van der Waals surface area contributed by atoms with Crippen molar-refractivity contribution in [3.63, 3.8) is 0 Å². The van der Waals surface area contributed by atoms with Gasteiger partial charge in [-0.25, -0.2) is 0 Å². The molecule has 4 rings (SSSR count). The Kier molecular flexibility index (Phi) is 7.57. The van der Waals surface area contributed by atoms with E-state index in [2.05, 4.69) is 22.0 Å². The number of carbonyl (C=O) groups excluding carboxylic acids is 3. The molecule has 0 unspecified atom stereocenters. The number of amides is 2. The van der Waals surface area contributed by atoms with Crippen LogP contribution in [0.25, 0.3) is 0 Å². The van der Waals surface area contributed by atoms with E-state index in [-0.39, 0.29) is 42.1 Å². The summed E-state index contributed by atoms with van der Waals surface area (Å²) in [7, 11) is 0. The predicted octanol–water partition coefficient (Wildman–Crippen LogP) is 1.79. The monoisotopic (exact) mass is 470 g/mol. The number of carbonyl (C=O) groups is 3. The summed E-state index contributed by atoms with van der Waals surface area (Å²) < 4.78 is 5.63. The van der Waals surface area contributed by atoms with Crippen molar-refractivity contribution in [2.24, 2.45) is 11.8 Å². The molecule has 5 atom stereocenters. The number of nitrogens with one attached hydrogen (secondary N) is 1. The van der Waals surface area contributed by atoms with E-state index in [0.29, 0.717) is 12.1 Å². The Morgan fingerprint density at radius 2 is 1.79 bits per heavy atom. The van der Waals surface area contributed by atoms with Gasteiger partial charge in [-0.1, -0.05) is 34.1 Å². The Morgan fingerprint density at radius 3 is 2.41 bits per heavy atom. The van der Waals surface area contributed by atoms with Crippen LogP contribution in [0.2, 0.25) is 0 Å². The Balaban J connectivity index is 1.44. The van der Waals surface area contributed by atoms with Crippen molar-refractivity contribution in [1.82, 2.24) is 15.1 Å². The molecule has 34 heavy (non-hydrogen) atoms. The normalized spacial score (nSPS) is 26.9. The topological polar surface area (TPSA) is 82.2 Å². The highest BCUT2D eigenvalue weighted by Gasteiger charge is 2.51. The summed E-state index contributed by atoms with van der Waals surface area (Å²) >= 11 is 0. The van der Waals surface area contributed by atoms with E-state index in [0.717, 1.165) is 44.8 Å². The SMILES string of the molecule is CC[C@H](C)[C@H](NC(=O)c1ccc(N2CCN(CC)CC2)cc1)C(=O)N1C[C@H](C)[C@H]2OCC(=O)[C@H]21. The number of piperazine rings is 1. The fourth-order valence-corrected chi connectivity index (χ4v) is 5.35. The maximum Gasteiger partial charge on any atom is 0.251 e. The van der Waals surface area contributed by atoms with Gasteiger partial charge in [-0.15, -0.1) is 0 Å². The van der Waals surface area contributed by atoms with Gasteiger partial charge in [0.15, 0.2) is 5.78 Å². The first-order chi connectivity index (χ1) is 16.3. The number of hydrogen-bond acceptors (Lipinski definition) is 6. The second kappa shape index (κ2) is 10.4. The average molecular weight is 471 g/mol. The maximum absolute atomic E-state index is 13.6. The van der Waals surface area contributed by atoms with Gasteiger partial charge in [0.2, 0.25) is 5.91 Å². The van der Waals surface area contributed by atoms with Gasteiger partial charge >= 0.3 is 0 Å². The van der Waals surface area contributed by atoms with E-state index in [1.54, 1.807) is 4.90 Å². The van der Waals surface area contributed by atoms with Crippen molar-refractivity contribution in [3.8, 4) is 0 Å². The molecule has 0 aromatic heterocycles. The molecule has 0 spiro atoms. The Morgan fingerprint density at radius 1 is 1.12 bits per heavy atom. The van der Waals surface area contributed by atoms with Crippen molar-refractivity contribution in [3.05, 3.63) is 29.8 Å². The van der Waals surface area contributed by atoms with Gasteiger partial charge in [-0.2, -0.15) is 0 Å². The summed E-state index contributed by atoms with van der Waals surface area (Å²) in [5.41, 5.74) is 1.64. The summed E-state index contributed by atoms with van der Waals surface area (Å²) in [6.07, 6.45) is 0.498. The molecule has 3 heterocycles. The van der Waals surface area contributed by atoms with Crippen LogP contribution in [0.5, 0.6) is 0 Å². The van der Waals surface area contributed by atoms with Gasteiger partial charge in [0.1, 0.15) is 18.7 Å². The molecular formula is C26H38N4O4. The summed E-state index contributed by atoms with van der Waals surface area (Å²) in [4.78, 5) is 45.5. The third kappa shape index (κ3) is 4.84. The van der Waals surface area contributed by atoms with Crippen LogP contribution in [-0.2, 0) is 14.3 Å². The molecule has 0 aliphatic carbocycles. The fourth-order valence-electron chi connectivity index (χ4n) is 5.35. The molecular weight excluding hydrogens is 432 g/mol. The van der Waals surface area contributed by atoms with Gasteiger partial charge in [0.05, 0.1) is 6.10 Å². The minimum atomic E-state index is -0.682. The Labute approximate surface area is 202 Å². The van der Waals surface area contributed by atoms with Gasteiger partial charge in [-0.3, -0.25) is 14.4 Å². The minimum absolute atomic E-state index is 0.0488. The van der Waals surface area contributed by atoms with Crippen molar-refractivity contribution in [2.45, 2.75) is 52.3 Å². The van der Waals surface area contributed by atoms with Crippen LogP contribution in [0.3, 0.4) is 0 Å². The lowest BCUT2D eigenvalue weighted by Gasteiger charge is -2.35. The highest BCUT2D eigenvalue weighted by molar-refractivity contribution is 5.99. The van der Waals surface area contributed by atoms with Gasteiger partial charge in [-0.05, 0) is 36.7 Å². The van der Waals surface area contributed by atoms with Crippen molar-refractivity contribution >= 4 is 23.3 Å². The average Bonchev–Trinajstić information content (AvgIpc) is 3.41. The van der Waals surface area contributed by atoms with E-state index < -0.39 is 12.1 Å². The number of ether oxygens (including phenoxy) is 1. The van der Waals surface area contributed by atoms with Gasteiger partial charge in [0, 0.05) is 49.9 Å². The molecule has 0 radical (unpaired) electrons. The third-order valence-corrected chi connectivity index (χ3v) is 7.80. The first kappa shape index (κ1) is 24.7. The van der Waals surface area contributed by atoms with E-state index in [1.807, 2.05) is 45.0 Å². The first-order valence-electron chi connectivity index (χ1n) is 12.7. The number of likely N-dealkylation sites (tertiary alicyclic amines) is 1.